The Kier molecular flexibility index (Phi) is 3.95. The lowest BCUT2D eigenvalue weighted by atomic mass is 10.2. The molecule has 0 spiro atoms. The number of aryl methyl sites for hydroxylation is 1. The monoisotopic (exact) mass is 288 g/mol. The van der Waals surface area contributed by atoms with Crippen LogP contribution in [-0.2, 0) is 16.6 Å². The number of sulfonamides is 1. The van der Waals surface area contributed by atoms with Gasteiger partial charge in [-0.05, 0) is 27.4 Å². The maximum Gasteiger partial charge on any atom is 0.246 e. The smallest absolute Gasteiger partial charge is 0.246 e. The Morgan fingerprint density at radius 2 is 2.21 bits per heavy atom. The number of hydrogen-bond donors (Lipinski definition) is 2. The van der Waals surface area contributed by atoms with E-state index < -0.39 is 10.0 Å². The van der Waals surface area contributed by atoms with E-state index >= 15 is 0 Å². The molecule has 19 heavy (non-hydrogen) atoms. The molecule has 2 rings (SSSR count). The molecule has 8 heteroatoms. The molecule has 0 aliphatic carbocycles. The van der Waals surface area contributed by atoms with Crippen molar-refractivity contribution in [2.45, 2.75) is 30.9 Å². The molecule has 1 aromatic heterocycles. The fourth-order valence-corrected chi connectivity index (χ4v) is 4.21. The van der Waals surface area contributed by atoms with Gasteiger partial charge in [-0.25, -0.2) is 8.42 Å². The Labute approximate surface area is 113 Å². The molecule has 0 bridgehead atoms. The van der Waals surface area contributed by atoms with Gasteiger partial charge in [0, 0.05) is 19.1 Å². The third-order valence-electron chi connectivity index (χ3n) is 3.57. The highest BCUT2D eigenvalue weighted by molar-refractivity contribution is 7.89. The quantitative estimate of drug-likeness (QED) is 0.782. The van der Waals surface area contributed by atoms with Crippen LogP contribution in [0.5, 0.6) is 0 Å². The van der Waals surface area contributed by atoms with Gasteiger partial charge in [0.25, 0.3) is 0 Å². The second kappa shape index (κ2) is 5.20. The van der Waals surface area contributed by atoms with Gasteiger partial charge in [-0.1, -0.05) is 0 Å². The topological polar surface area (TPSA) is 89.5 Å². The Morgan fingerprint density at radius 1 is 1.53 bits per heavy atom. The Morgan fingerprint density at radius 3 is 2.74 bits per heavy atom. The van der Waals surface area contributed by atoms with Gasteiger partial charge < -0.3 is 10.0 Å². The summed E-state index contributed by atoms with van der Waals surface area (Å²) < 4.78 is 26.7. The van der Waals surface area contributed by atoms with Crippen molar-refractivity contribution < 1.29 is 13.5 Å². The summed E-state index contributed by atoms with van der Waals surface area (Å²) in [6.07, 6.45) is 0.817. The lowest BCUT2D eigenvalue weighted by molar-refractivity contribution is 0.273. The van der Waals surface area contributed by atoms with Crippen molar-refractivity contribution in [2.75, 3.05) is 27.2 Å². The first kappa shape index (κ1) is 14.4. The van der Waals surface area contributed by atoms with E-state index in [0.29, 0.717) is 18.8 Å². The van der Waals surface area contributed by atoms with E-state index in [-0.39, 0.29) is 23.2 Å². The van der Waals surface area contributed by atoms with Gasteiger partial charge in [0.05, 0.1) is 12.3 Å². The van der Waals surface area contributed by atoms with Crippen LogP contribution < -0.4 is 0 Å². The molecule has 108 valence electrons. The summed E-state index contributed by atoms with van der Waals surface area (Å²) in [7, 11) is 0.313. The van der Waals surface area contributed by atoms with Crippen molar-refractivity contribution in [2.24, 2.45) is 0 Å². The number of aromatic nitrogens is 2. The van der Waals surface area contributed by atoms with E-state index in [0.717, 1.165) is 6.42 Å². The van der Waals surface area contributed by atoms with E-state index in [2.05, 4.69) is 10.2 Å². The first-order valence-corrected chi connectivity index (χ1v) is 7.63. The van der Waals surface area contributed by atoms with Gasteiger partial charge in [0.1, 0.15) is 10.6 Å². The van der Waals surface area contributed by atoms with Crippen LogP contribution in [0.3, 0.4) is 0 Å². The molecule has 1 fully saturated rings. The van der Waals surface area contributed by atoms with Crippen molar-refractivity contribution in [3.05, 3.63) is 11.4 Å². The van der Waals surface area contributed by atoms with E-state index in [1.165, 1.54) is 4.31 Å². The zero-order chi connectivity index (χ0) is 14.2. The van der Waals surface area contributed by atoms with Gasteiger partial charge in [-0.2, -0.15) is 9.40 Å². The van der Waals surface area contributed by atoms with E-state index in [1.807, 2.05) is 19.0 Å². The Hall–Kier alpha value is -0.960. The lowest BCUT2D eigenvalue weighted by Gasteiger charge is -2.20. The van der Waals surface area contributed by atoms with Crippen LogP contribution in [0.15, 0.2) is 4.90 Å². The minimum atomic E-state index is -3.58. The van der Waals surface area contributed by atoms with Crippen molar-refractivity contribution in [3.8, 4) is 0 Å². The Balaban J connectivity index is 2.31. The summed E-state index contributed by atoms with van der Waals surface area (Å²) in [5.74, 6) is 0. The highest BCUT2D eigenvalue weighted by atomic mass is 32.2. The fraction of sp³-hybridized carbons (Fsp3) is 0.727. The maximum atomic E-state index is 12.6. The van der Waals surface area contributed by atoms with Crippen LogP contribution >= 0.6 is 0 Å². The van der Waals surface area contributed by atoms with E-state index in [4.69, 9.17) is 0 Å². The molecule has 1 unspecified atom stereocenters. The molecule has 1 saturated heterocycles. The SMILES string of the molecule is Cc1[nH]nc(CO)c1S(=O)(=O)N1CCC(N(C)C)C1. The first-order chi connectivity index (χ1) is 8.87. The van der Waals surface area contributed by atoms with E-state index in [9.17, 15) is 13.5 Å². The normalized spacial score (nSPS) is 21.4. The van der Waals surface area contributed by atoms with Crippen molar-refractivity contribution in [1.29, 1.82) is 0 Å². The van der Waals surface area contributed by atoms with Crippen LogP contribution in [0.4, 0.5) is 0 Å². The molecule has 7 nitrogen and oxygen atoms in total. The summed E-state index contributed by atoms with van der Waals surface area (Å²) in [4.78, 5) is 2.15. The molecule has 0 aromatic carbocycles. The molecule has 1 aliphatic rings. The number of hydrogen-bond acceptors (Lipinski definition) is 5. The van der Waals surface area contributed by atoms with Crippen LogP contribution in [0.25, 0.3) is 0 Å². The third kappa shape index (κ3) is 2.53. The van der Waals surface area contributed by atoms with Gasteiger partial charge in [-0.3, -0.25) is 5.10 Å². The third-order valence-corrected chi connectivity index (χ3v) is 5.63. The molecular weight excluding hydrogens is 268 g/mol. The molecular formula is C11H20N4O3S. The van der Waals surface area contributed by atoms with Gasteiger partial charge in [0.15, 0.2) is 0 Å². The molecule has 0 radical (unpaired) electrons. The molecule has 1 atom stereocenters. The van der Waals surface area contributed by atoms with Crippen LogP contribution in [-0.4, -0.2) is 66.2 Å². The molecule has 0 saturated carbocycles. The highest BCUT2D eigenvalue weighted by Crippen LogP contribution is 2.26. The molecule has 2 N–H and O–H groups in total. The lowest BCUT2D eigenvalue weighted by Crippen LogP contribution is -2.35. The minimum absolute atomic E-state index is 0.120. The largest absolute Gasteiger partial charge is 0.390 e. The number of nitrogens with zero attached hydrogens (tertiary/aromatic N) is 3. The minimum Gasteiger partial charge on any atom is -0.390 e. The zero-order valence-corrected chi connectivity index (χ0v) is 12.2. The summed E-state index contributed by atoms with van der Waals surface area (Å²) >= 11 is 0. The molecule has 1 aromatic rings. The standard InChI is InChI=1S/C11H20N4O3S/c1-8-11(10(7-16)13-12-8)19(17,18)15-5-4-9(6-15)14(2)3/h9,16H,4-7H2,1-3H3,(H,12,13). The zero-order valence-electron chi connectivity index (χ0n) is 11.4. The van der Waals surface area contributed by atoms with Gasteiger partial charge >= 0.3 is 0 Å². The second-order valence-corrected chi connectivity index (χ2v) is 6.93. The number of nitrogens with one attached hydrogen (secondary N) is 1. The van der Waals surface area contributed by atoms with Crippen molar-refractivity contribution in [1.82, 2.24) is 19.4 Å². The summed E-state index contributed by atoms with van der Waals surface area (Å²) in [5.41, 5.74) is 0.656. The predicted molar refractivity (Wildman–Crippen MR) is 70.1 cm³/mol. The number of H-pyrrole nitrogens is 1. The van der Waals surface area contributed by atoms with Crippen LogP contribution in [0, 0.1) is 6.92 Å². The highest BCUT2D eigenvalue weighted by Gasteiger charge is 2.36. The predicted octanol–water partition coefficient (Wildman–Crippen LogP) is -0.465. The number of likely N-dealkylation sites (N-methyl/N-ethyl adjacent to an activating group) is 1. The summed E-state index contributed by atoms with van der Waals surface area (Å²) in [6.45, 7) is 2.24. The number of rotatable bonds is 4. The summed E-state index contributed by atoms with van der Waals surface area (Å²) in [5, 5.41) is 15.7. The number of aliphatic hydroxyl groups excluding tert-OH is 1. The summed E-state index contributed by atoms with van der Waals surface area (Å²) in [6, 6.07) is 0.236. The van der Waals surface area contributed by atoms with E-state index in [1.54, 1.807) is 6.92 Å². The first-order valence-electron chi connectivity index (χ1n) is 6.19. The van der Waals surface area contributed by atoms with Crippen molar-refractivity contribution in [3.63, 3.8) is 0 Å². The molecule has 2 heterocycles. The Bertz CT molecular complexity index is 552. The van der Waals surface area contributed by atoms with Crippen molar-refractivity contribution >= 4 is 10.0 Å². The number of aromatic amines is 1. The maximum absolute atomic E-state index is 12.6. The molecule has 0 amide bonds. The average molecular weight is 288 g/mol. The second-order valence-electron chi connectivity index (χ2n) is 5.05. The van der Waals surface area contributed by atoms with Crippen LogP contribution in [0.2, 0.25) is 0 Å². The van der Waals surface area contributed by atoms with Gasteiger partial charge in [-0.15, -0.1) is 0 Å². The van der Waals surface area contributed by atoms with Gasteiger partial charge in [0.2, 0.25) is 10.0 Å². The fourth-order valence-electron chi connectivity index (χ4n) is 2.40. The average Bonchev–Trinajstić information content (AvgIpc) is 2.95. The molecule has 1 aliphatic heterocycles. The number of aliphatic hydroxyl groups is 1. The van der Waals surface area contributed by atoms with Crippen LogP contribution in [0.1, 0.15) is 17.8 Å².